The van der Waals surface area contributed by atoms with Crippen LogP contribution < -0.4 is 10.6 Å². The number of rotatable bonds is 6. The molecule has 21 heavy (non-hydrogen) atoms. The average Bonchev–Trinajstić information content (AvgIpc) is 3.19. The molecule has 0 radical (unpaired) electrons. The van der Waals surface area contributed by atoms with Gasteiger partial charge in [0.05, 0.1) is 6.54 Å². The van der Waals surface area contributed by atoms with E-state index in [1.807, 2.05) is 24.3 Å². The smallest absolute Gasteiger partial charge is 0.238 e. The Morgan fingerprint density at radius 3 is 2.95 bits per heavy atom. The van der Waals surface area contributed by atoms with Gasteiger partial charge in [-0.3, -0.25) is 4.79 Å². The van der Waals surface area contributed by atoms with E-state index in [2.05, 4.69) is 31.5 Å². The number of nitrogens with zero attached hydrogens (tertiary/aromatic N) is 1. The molecule has 1 aliphatic heterocycles. The summed E-state index contributed by atoms with van der Waals surface area (Å²) in [7, 11) is 0. The summed E-state index contributed by atoms with van der Waals surface area (Å²) in [5.74, 6) is 0.717. The fraction of sp³-hybridized carbons (Fsp3) is 0.562. The zero-order valence-electron chi connectivity index (χ0n) is 12.1. The van der Waals surface area contributed by atoms with Crippen molar-refractivity contribution in [3.8, 4) is 0 Å². The first-order valence-electron chi connectivity index (χ1n) is 7.71. The van der Waals surface area contributed by atoms with Crippen LogP contribution in [0.1, 0.15) is 19.3 Å². The quantitative estimate of drug-likeness (QED) is 0.827. The van der Waals surface area contributed by atoms with Gasteiger partial charge in [-0.1, -0.05) is 22.0 Å². The van der Waals surface area contributed by atoms with Crippen LogP contribution in [0, 0.1) is 5.92 Å². The third-order valence-electron chi connectivity index (χ3n) is 4.21. The number of anilines is 1. The van der Waals surface area contributed by atoms with Crippen molar-refractivity contribution in [2.45, 2.75) is 25.3 Å². The normalized spacial score (nSPS) is 22.4. The zero-order chi connectivity index (χ0) is 14.7. The molecular formula is C16H22BrN3O. The molecule has 5 heteroatoms. The Balaban J connectivity index is 1.34. The molecule has 1 unspecified atom stereocenters. The van der Waals surface area contributed by atoms with Crippen LogP contribution in [-0.2, 0) is 4.79 Å². The molecule has 114 valence electrons. The van der Waals surface area contributed by atoms with Crippen LogP contribution in [-0.4, -0.2) is 43.0 Å². The molecule has 2 fully saturated rings. The highest BCUT2D eigenvalue weighted by Gasteiger charge is 2.33. The monoisotopic (exact) mass is 351 g/mol. The highest BCUT2D eigenvalue weighted by molar-refractivity contribution is 9.10. The van der Waals surface area contributed by atoms with Crippen LogP contribution >= 0.6 is 15.9 Å². The van der Waals surface area contributed by atoms with Crippen molar-refractivity contribution in [3.05, 3.63) is 28.7 Å². The number of benzene rings is 1. The Bertz CT molecular complexity index is 504. The Kier molecular flexibility index (Phi) is 4.93. The maximum Gasteiger partial charge on any atom is 0.238 e. The first-order chi connectivity index (χ1) is 10.2. The third-order valence-corrected chi connectivity index (χ3v) is 4.70. The van der Waals surface area contributed by atoms with Crippen molar-refractivity contribution in [2.24, 2.45) is 5.92 Å². The third kappa shape index (κ3) is 4.53. The standard InChI is InChI=1S/C16H22BrN3O/c17-13-2-1-3-14(8-13)19-16(21)10-18-9-12-6-7-20(11-12)15-4-5-15/h1-3,8,12,15,18H,4-7,9-11H2,(H,19,21). The lowest BCUT2D eigenvalue weighted by molar-refractivity contribution is -0.115. The summed E-state index contributed by atoms with van der Waals surface area (Å²) >= 11 is 3.40. The Hall–Kier alpha value is -0.910. The van der Waals surface area contributed by atoms with Gasteiger partial charge in [0.1, 0.15) is 0 Å². The van der Waals surface area contributed by atoms with E-state index < -0.39 is 0 Å². The molecule has 2 N–H and O–H groups in total. The second-order valence-electron chi connectivity index (χ2n) is 6.07. The summed E-state index contributed by atoms with van der Waals surface area (Å²) in [5.41, 5.74) is 0.831. The molecule has 0 spiro atoms. The number of hydrogen-bond acceptors (Lipinski definition) is 3. The van der Waals surface area contributed by atoms with Gasteiger partial charge >= 0.3 is 0 Å². The van der Waals surface area contributed by atoms with Gasteiger partial charge in [-0.2, -0.15) is 0 Å². The van der Waals surface area contributed by atoms with E-state index >= 15 is 0 Å². The molecule has 4 nitrogen and oxygen atoms in total. The number of carbonyl (C=O) groups is 1. The number of carbonyl (C=O) groups excluding carboxylic acids is 1. The van der Waals surface area contributed by atoms with E-state index in [4.69, 9.17) is 0 Å². The van der Waals surface area contributed by atoms with Gasteiger partial charge in [0.2, 0.25) is 5.91 Å². The van der Waals surface area contributed by atoms with Crippen LogP contribution in [0.25, 0.3) is 0 Å². The Labute approximate surface area is 134 Å². The van der Waals surface area contributed by atoms with Gasteiger partial charge in [0.25, 0.3) is 0 Å². The predicted molar refractivity (Wildman–Crippen MR) is 88.3 cm³/mol. The van der Waals surface area contributed by atoms with E-state index in [1.165, 1.54) is 32.4 Å². The van der Waals surface area contributed by atoms with Crippen LogP contribution in [0.2, 0.25) is 0 Å². The molecule has 2 aliphatic rings. The summed E-state index contributed by atoms with van der Waals surface area (Å²) in [6.07, 6.45) is 4.03. The largest absolute Gasteiger partial charge is 0.325 e. The van der Waals surface area contributed by atoms with E-state index in [0.717, 1.165) is 22.7 Å². The lowest BCUT2D eigenvalue weighted by atomic mass is 10.1. The molecule has 0 bridgehead atoms. The molecule has 0 aromatic heterocycles. The van der Waals surface area contributed by atoms with Gasteiger partial charge < -0.3 is 15.5 Å². The second-order valence-corrected chi connectivity index (χ2v) is 6.99. The molecule has 1 atom stereocenters. The van der Waals surface area contributed by atoms with Gasteiger partial charge in [0.15, 0.2) is 0 Å². The summed E-state index contributed by atoms with van der Waals surface area (Å²) in [4.78, 5) is 14.5. The van der Waals surface area contributed by atoms with Gasteiger partial charge in [0, 0.05) is 22.7 Å². The lowest BCUT2D eigenvalue weighted by Gasteiger charge is -2.15. The highest BCUT2D eigenvalue weighted by Crippen LogP contribution is 2.31. The minimum Gasteiger partial charge on any atom is -0.325 e. The van der Waals surface area contributed by atoms with Crippen LogP contribution in [0.15, 0.2) is 28.7 Å². The molecule has 1 aliphatic carbocycles. The van der Waals surface area contributed by atoms with E-state index in [9.17, 15) is 4.79 Å². The summed E-state index contributed by atoms with van der Waals surface area (Å²) in [6, 6.07) is 8.53. The van der Waals surface area contributed by atoms with Gasteiger partial charge in [-0.15, -0.1) is 0 Å². The van der Waals surface area contributed by atoms with Crippen molar-refractivity contribution in [3.63, 3.8) is 0 Å². The van der Waals surface area contributed by atoms with Crippen molar-refractivity contribution < 1.29 is 4.79 Å². The minimum atomic E-state index is 0.0187. The van der Waals surface area contributed by atoms with Crippen LogP contribution in [0.5, 0.6) is 0 Å². The number of hydrogen-bond donors (Lipinski definition) is 2. The first kappa shape index (κ1) is 15.0. The molecule has 1 amide bonds. The molecule has 1 saturated carbocycles. The fourth-order valence-corrected chi connectivity index (χ4v) is 3.36. The summed E-state index contributed by atoms with van der Waals surface area (Å²) in [5, 5.41) is 6.19. The van der Waals surface area contributed by atoms with E-state index in [0.29, 0.717) is 12.5 Å². The number of amides is 1. The Morgan fingerprint density at radius 2 is 2.19 bits per heavy atom. The van der Waals surface area contributed by atoms with Crippen LogP contribution in [0.4, 0.5) is 5.69 Å². The molecule has 1 heterocycles. The Morgan fingerprint density at radius 1 is 1.33 bits per heavy atom. The molecule has 3 rings (SSSR count). The van der Waals surface area contributed by atoms with E-state index in [-0.39, 0.29) is 5.91 Å². The topological polar surface area (TPSA) is 44.4 Å². The first-order valence-corrected chi connectivity index (χ1v) is 8.50. The van der Waals surface area contributed by atoms with Gasteiger partial charge in [-0.05, 0) is 56.5 Å². The van der Waals surface area contributed by atoms with Crippen molar-refractivity contribution in [1.82, 2.24) is 10.2 Å². The van der Waals surface area contributed by atoms with E-state index in [1.54, 1.807) is 0 Å². The van der Waals surface area contributed by atoms with Crippen molar-refractivity contribution in [2.75, 3.05) is 31.5 Å². The SMILES string of the molecule is O=C(CNCC1CCN(C2CC2)C1)Nc1cccc(Br)c1. The van der Waals surface area contributed by atoms with Crippen LogP contribution in [0.3, 0.4) is 0 Å². The summed E-state index contributed by atoms with van der Waals surface area (Å²) in [6.45, 7) is 3.76. The summed E-state index contributed by atoms with van der Waals surface area (Å²) < 4.78 is 0.972. The number of halogens is 1. The fourth-order valence-electron chi connectivity index (χ4n) is 2.96. The number of likely N-dealkylation sites (tertiary alicyclic amines) is 1. The lowest BCUT2D eigenvalue weighted by Crippen LogP contribution is -2.33. The highest BCUT2D eigenvalue weighted by atomic mass is 79.9. The average molecular weight is 352 g/mol. The van der Waals surface area contributed by atoms with Crippen molar-refractivity contribution >= 4 is 27.5 Å². The predicted octanol–water partition coefficient (Wildman–Crippen LogP) is 2.46. The molecular weight excluding hydrogens is 330 g/mol. The zero-order valence-corrected chi connectivity index (χ0v) is 13.7. The van der Waals surface area contributed by atoms with Gasteiger partial charge in [-0.25, -0.2) is 0 Å². The number of nitrogens with one attached hydrogen (secondary N) is 2. The second kappa shape index (κ2) is 6.90. The minimum absolute atomic E-state index is 0.0187. The maximum absolute atomic E-state index is 11.9. The molecule has 1 aromatic rings. The maximum atomic E-state index is 11.9. The molecule has 1 saturated heterocycles. The molecule has 1 aromatic carbocycles. The van der Waals surface area contributed by atoms with Crippen molar-refractivity contribution in [1.29, 1.82) is 0 Å².